The molecule has 0 aliphatic heterocycles. The first-order chi connectivity index (χ1) is 21.2. The first kappa shape index (κ1) is 32.1. The molecule has 0 aliphatic carbocycles. The van der Waals surface area contributed by atoms with Crippen molar-refractivity contribution in [1.29, 1.82) is 0 Å². The fourth-order valence-corrected chi connectivity index (χ4v) is 5.15. The van der Waals surface area contributed by atoms with Gasteiger partial charge in [-0.05, 0) is 67.6 Å². The largest absolute Gasteiger partial charge is 0.493 e. The Morgan fingerprint density at radius 1 is 0.864 bits per heavy atom. The molecule has 11 heteroatoms. The van der Waals surface area contributed by atoms with Gasteiger partial charge in [-0.3, -0.25) is 14.4 Å². The van der Waals surface area contributed by atoms with Crippen molar-refractivity contribution in [3.63, 3.8) is 0 Å². The van der Waals surface area contributed by atoms with Crippen LogP contribution in [0.15, 0.2) is 102 Å². The number of halogens is 2. The average Bonchev–Trinajstić information content (AvgIpc) is 3.02. The van der Waals surface area contributed by atoms with Crippen LogP contribution in [-0.4, -0.2) is 37.2 Å². The number of hydrogen-bond donors (Lipinski definition) is 3. The van der Waals surface area contributed by atoms with Crippen molar-refractivity contribution in [3.8, 4) is 11.5 Å². The van der Waals surface area contributed by atoms with E-state index >= 15 is 0 Å². The van der Waals surface area contributed by atoms with Crippen molar-refractivity contribution in [2.75, 3.05) is 24.9 Å². The lowest BCUT2D eigenvalue weighted by Crippen LogP contribution is -2.30. The smallest absolute Gasteiger partial charge is 0.272 e. The SMILES string of the molecule is COc1cccc(/C=C(/NC(=O)c2ccccc2)C(=O)Nc2cccc(SC(C)C(=O)Nc3ccc(F)c(Cl)c3)c2)c1OC. The molecule has 0 spiro atoms. The van der Waals surface area contributed by atoms with Crippen LogP contribution in [0.3, 0.4) is 0 Å². The zero-order valence-electron chi connectivity index (χ0n) is 24.0. The van der Waals surface area contributed by atoms with E-state index in [4.69, 9.17) is 21.1 Å². The topological polar surface area (TPSA) is 106 Å². The van der Waals surface area contributed by atoms with Crippen molar-refractivity contribution in [1.82, 2.24) is 5.32 Å². The average molecular weight is 634 g/mol. The zero-order valence-corrected chi connectivity index (χ0v) is 25.6. The molecule has 3 N–H and O–H groups in total. The van der Waals surface area contributed by atoms with E-state index in [1.54, 1.807) is 79.7 Å². The van der Waals surface area contributed by atoms with Crippen molar-refractivity contribution in [2.45, 2.75) is 17.1 Å². The number of amides is 3. The zero-order chi connectivity index (χ0) is 31.6. The summed E-state index contributed by atoms with van der Waals surface area (Å²) in [6, 6.07) is 24.6. The molecule has 4 aromatic rings. The molecule has 3 amide bonds. The molecular weight excluding hydrogens is 605 g/mol. The maximum atomic E-state index is 13.6. The molecule has 8 nitrogen and oxygen atoms in total. The highest BCUT2D eigenvalue weighted by atomic mass is 35.5. The molecule has 0 bridgehead atoms. The summed E-state index contributed by atoms with van der Waals surface area (Å²) in [5.41, 5.74) is 1.67. The van der Waals surface area contributed by atoms with Gasteiger partial charge in [0.25, 0.3) is 11.8 Å². The first-order valence-corrected chi connectivity index (χ1v) is 14.6. The highest BCUT2D eigenvalue weighted by Gasteiger charge is 2.19. The van der Waals surface area contributed by atoms with E-state index in [2.05, 4.69) is 16.0 Å². The molecule has 4 aromatic carbocycles. The number of nitrogens with one attached hydrogen (secondary N) is 3. The lowest BCUT2D eigenvalue weighted by molar-refractivity contribution is -0.115. The second-order valence-corrected chi connectivity index (χ2v) is 11.1. The molecule has 4 rings (SSSR count). The molecule has 0 heterocycles. The van der Waals surface area contributed by atoms with Crippen LogP contribution in [-0.2, 0) is 9.59 Å². The molecule has 0 aromatic heterocycles. The number of ether oxygens (including phenoxy) is 2. The predicted octanol–water partition coefficient (Wildman–Crippen LogP) is 7.03. The van der Waals surface area contributed by atoms with Gasteiger partial charge in [0.1, 0.15) is 11.5 Å². The van der Waals surface area contributed by atoms with Crippen LogP contribution >= 0.6 is 23.4 Å². The molecule has 226 valence electrons. The van der Waals surface area contributed by atoms with E-state index in [9.17, 15) is 18.8 Å². The highest BCUT2D eigenvalue weighted by Crippen LogP contribution is 2.32. The van der Waals surface area contributed by atoms with E-state index in [0.29, 0.717) is 38.9 Å². The van der Waals surface area contributed by atoms with Gasteiger partial charge in [0.2, 0.25) is 5.91 Å². The molecule has 1 unspecified atom stereocenters. The van der Waals surface area contributed by atoms with Crippen molar-refractivity contribution < 1.29 is 28.2 Å². The molecule has 0 aliphatic rings. The van der Waals surface area contributed by atoms with Gasteiger partial charge in [0.05, 0.1) is 24.5 Å². The molecule has 0 saturated carbocycles. The van der Waals surface area contributed by atoms with Gasteiger partial charge in [-0.1, -0.05) is 48.0 Å². The summed E-state index contributed by atoms with van der Waals surface area (Å²) >= 11 is 7.08. The predicted molar refractivity (Wildman–Crippen MR) is 172 cm³/mol. The Kier molecular flexibility index (Phi) is 11.0. The second kappa shape index (κ2) is 15.1. The molecule has 1 atom stereocenters. The summed E-state index contributed by atoms with van der Waals surface area (Å²) in [6.45, 7) is 1.72. The van der Waals surface area contributed by atoms with Gasteiger partial charge in [-0.25, -0.2) is 4.39 Å². The summed E-state index contributed by atoms with van der Waals surface area (Å²) in [5.74, 6) is -1.09. The number of carbonyl (C=O) groups excluding carboxylic acids is 3. The molecule has 44 heavy (non-hydrogen) atoms. The van der Waals surface area contributed by atoms with E-state index < -0.39 is 22.9 Å². The van der Waals surface area contributed by atoms with Gasteiger partial charge in [0, 0.05) is 27.4 Å². The first-order valence-electron chi connectivity index (χ1n) is 13.3. The summed E-state index contributed by atoms with van der Waals surface area (Å²) in [6.07, 6.45) is 1.50. The van der Waals surface area contributed by atoms with Crippen LogP contribution < -0.4 is 25.4 Å². The van der Waals surface area contributed by atoms with Crippen LogP contribution in [0, 0.1) is 5.82 Å². The minimum absolute atomic E-state index is 0.0332. The minimum Gasteiger partial charge on any atom is -0.493 e. The number of rotatable bonds is 11. The van der Waals surface area contributed by atoms with E-state index in [1.807, 2.05) is 0 Å². The Morgan fingerprint density at radius 2 is 1.59 bits per heavy atom. The Labute approximate surface area is 263 Å². The standard InChI is InChI=1S/C33H29ClFN3O5S/c1-20(31(39)36-24-15-16-27(35)26(34)19-24)44-25-13-8-12-23(18-25)37-33(41)28(38-32(40)21-9-5-4-6-10-21)17-22-11-7-14-29(42-2)30(22)43-3/h4-20H,1-3H3,(H,36,39)(H,37,41)(H,38,40)/b28-17+. The van der Waals surface area contributed by atoms with E-state index in [-0.39, 0.29) is 16.6 Å². The second-order valence-electron chi connectivity index (χ2n) is 9.32. The number of thioether (sulfide) groups is 1. The summed E-state index contributed by atoms with van der Waals surface area (Å²) in [5, 5.41) is 7.61. The fourth-order valence-electron chi connectivity index (χ4n) is 4.04. The van der Waals surface area contributed by atoms with Crippen LogP contribution in [0.2, 0.25) is 5.02 Å². The normalized spacial score (nSPS) is 11.7. The third kappa shape index (κ3) is 8.40. The Bertz CT molecular complexity index is 1700. The fraction of sp³-hybridized carbons (Fsp3) is 0.121. The van der Waals surface area contributed by atoms with Crippen molar-refractivity contribution in [3.05, 3.63) is 119 Å². The molecule has 0 saturated heterocycles. The van der Waals surface area contributed by atoms with E-state index in [1.165, 1.54) is 50.3 Å². The Hall–Kier alpha value is -4.80. The lowest BCUT2D eigenvalue weighted by atomic mass is 10.1. The van der Waals surface area contributed by atoms with Gasteiger partial charge < -0.3 is 25.4 Å². The number of hydrogen-bond acceptors (Lipinski definition) is 6. The lowest BCUT2D eigenvalue weighted by Gasteiger charge is -2.15. The van der Waals surface area contributed by atoms with Crippen molar-refractivity contribution in [2.24, 2.45) is 0 Å². The summed E-state index contributed by atoms with van der Waals surface area (Å²) in [4.78, 5) is 40.0. The number of anilines is 2. The number of para-hydroxylation sites is 1. The van der Waals surface area contributed by atoms with Crippen LogP contribution in [0.1, 0.15) is 22.8 Å². The molecule has 0 radical (unpaired) electrons. The molecule has 0 fully saturated rings. The third-order valence-electron chi connectivity index (χ3n) is 6.22. The number of methoxy groups -OCH3 is 2. The van der Waals surface area contributed by atoms with Crippen LogP contribution in [0.5, 0.6) is 11.5 Å². The maximum Gasteiger partial charge on any atom is 0.272 e. The molecular formula is C33H29ClFN3O5S. The van der Waals surface area contributed by atoms with Crippen LogP contribution in [0.25, 0.3) is 6.08 Å². The van der Waals surface area contributed by atoms with Gasteiger partial charge in [-0.2, -0.15) is 0 Å². The van der Waals surface area contributed by atoms with Crippen molar-refractivity contribution >= 4 is 58.5 Å². The van der Waals surface area contributed by atoms with Gasteiger partial charge in [-0.15, -0.1) is 11.8 Å². The third-order valence-corrected chi connectivity index (χ3v) is 7.61. The monoisotopic (exact) mass is 633 g/mol. The van der Waals surface area contributed by atoms with E-state index in [0.717, 1.165) is 0 Å². The summed E-state index contributed by atoms with van der Waals surface area (Å²) in [7, 11) is 2.99. The Morgan fingerprint density at radius 3 is 2.30 bits per heavy atom. The summed E-state index contributed by atoms with van der Waals surface area (Å²) < 4.78 is 24.3. The number of carbonyl (C=O) groups is 3. The quantitative estimate of drug-likeness (QED) is 0.121. The number of benzene rings is 4. The van der Waals surface area contributed by atoms with Gasteiger partial charge >= 0.3 is 0 Å². The van der Waals surface area contributed by atoms with Crippen LogP contribution in [0.4, 0.5) is 15.8 Å². The minimum atomic E-state index is -0.583. The maximum absolute atomic E-state index is 13.6. The van der Waals surface area contributed by atoms with Gasteiger partial charge in [0.15, 0.2) is 11.5 Å². The Balaban J connectivity index is 1.53. The highest BCUT2D eigenvalue weighted by molar-refractivity contribution is 8.00.